The molecule has 0 aliphatic carbocycles. The van der Waals surface area contributed by atoms with Crippen molar-refractivity contribution in [2.45, 2.75) is 0 Å². The van der Waals surface area contributed by atoms with Crippen LogP contribution in [0.5, 0.6) is 0 Å². The summed E-state index contributed by atoms with van der Waals surface area (Å²) in [7, 11) is 0. The van der Waals surface area contributed by atoms with Gasteiger partial charge in [0.2, 0.25) is 0 Å². The Bertz CT molecular complexity index is 3270. The number of furan rings is 1. The number of hydrogen-bond donors (Lipinski definition) is 0. The van der Waals surface area contributed by atoms with E-state index in [1.165, 1.54) is 0 Å². The zero-order chi connectivity index (χ0) is 37.3. The Balaban J connectivity index is 1.38. The molecule has 208 valence electrons. The van der Waals surface area contributed by atoms with Gasteiger partial charge in [-0.15, -0.1) is 0 Å². The van der Waals surface area contributed by atoms with Gasteiger partial charge in [0.05, 0.1) is 12.3 Å². The number of hydrogen-bond acceptors (Lipinski definition) is 1. The van der Waals surface area contributed by atoms with Gasteiger partial charge in [-0.05, 0) is 106 Å². The van der Waals surface area contributed by atoms with Crippen LogP contribution in [0.3, 0.4) is 0 Å². The molecule has 0 spiro atoms. The molecule has 0 saturated carbocycles. The molecule has 0 N–H and O–H groups in total. The second kappa shape index (κ2) is 9.29. The van der Waals surface area contributed by atoms with Gasteiger partial charge in [0.1, 0.15) is 11.2 Å². The molecule has 1 heteroatoms. The maximum Gasteiger partial charge on any atom is 0.136 e. The molecule has 9 aromatic carbocycles. The Labute approximate surface area is 272 Å². The SMILES string of the molecule is [2H]c1c(-c2c3ccccc3c(-c3cc4ccccc4c4ccccc34)c3ccccc23)c([2H])c2c(oc3c([2H])c4c([2H])c([2H])c([2H])c([2H])c4c([2H])c32)c1[2H]. The molecule has 0 atom stereocenters. The van der Waals surface area contributed by atoms with E-state index in [1.807, 2.05) is 72.8 Å². The molecular weight excluding hydrogens is 544 g/mol. The standard InChI is InChI=1S/C44H26O/c1-2-12-28-26-42-39(23-27(28)11-1)38-25-30(21-22-41(38)45-42)43-34-17-7-9-19-36(34)44(37-20-10-8-18-35(37)43)40-24-29-13-3-4-14-31(29)32-15-5-6-16-33(32)40/h1-26H/i1D,2D,11D,12D,21D,22D,23D,25D,26D. The minimum Gasteiger partial charge on any atom is -0.456 e. The van der Waals surface area contributed by atoms with Crippen LogP contribution in [0.25, 0.3) is 98.1 Å². The molecular formula is C44H26O. The molecule has 0 saturated heterocycles. The third kappa shape index (κ3) is 3.56. The van der Waals surface area contributed by atoms with Crippen molar-refractivity contribution in [2.75, 3.05) is 0 Å². The van der Waals surface area contributed by atoms with E-state index in [4.69, 9.17) is 11.3 Å². The molecule has 10 rings (SSSR count). The topological polar surface area (TPSA) is 13.1 Å². The highest BCUT2D eigenvalue weighted by Crippen LogP contribution is 2.47. The Morgan fingerprint density at radius 1 is 0.400 bits per heavy atom. The second-order valence-corrected chi connectivity index (χ2v) is 11.3. The van der Waals surface area contributed by atoms with E-state index in [0.29, 0.717) is 5.56 Å². The fourth-order valence-corrected chi connectivity index (χ4v) is 6.93. The largest absolute Gasteiger partial charge is 0.456 e. The predicted molar refractivity (Wildman–Crippen MR) is 192 cm³/mol. The summed E-state index contributed by atoms with van der Waals surface area (Å²) in [4.78, 5) is 0. The van der Waals surface area contributed by atoms with E-state index in [0.717, 1.165) is 54.2 Å². The van der Waals surface area contributed by atoms with E-state index in [1.54, 1.807) is 0 Å². The van der Waals surface area contributed by atoms with Crippen molar-refractivity contribution in [3.8, 4) is 22.3 Å². The summed E-state index contributed by atoms with van der Waals surface area (Å²) in [5, 5.41) is 7.49. The molecule has 0 radical (unpaired) electrons. The van der Waals surface area contributed by atoms with Gasteiger partial charge in [-0.25, -0.2) is 0 Å². The van der Waals surface area contributed by atoms with E-state index in [9.17, 15) is 5.48 Å². The summed E-state index contributed by atoms with van der Waals surface area (Å²) in [5.74, 6) is 0. The van der Waals surface area contributed by atoms with Crippen LogP contribution >= 0.6 is 0 Å². The van der Waals surface area contributed by atoms with E-state index >= 15 is 0 Å². The van der Waals surface area contributed by atoms with Crippen molar-refractivity contribution < 1.29 is 16.8 Å². The lowest BCUT2D eigenvalue weighted by molar-refractivity contribution is 0.669. The summed E-state index contributed by atoms with van der Waals surface area (Å²) < 4.78 is 86.3. The van der Waals surface area contributed by atoms with Gasteiger partial charge in [-0.3, -0.25) is 0 Å². The number of benzene rings is 9. The van der Waals surface area contributed by atoms with Crippen LogP contribution in [0.2, 0.25) is 0 Å². The fourth-order valence-electron chi connectivity index (χ4n) is 6.93. The van der Waals surface area contributed by atoms with Crippen LogP contribution < -0.4 is 0 Å². The lowest BCUT2D eigenvalue weighted by atomic mass is 9.83. The quantitative estimate of drug-likeness (QED) is 0.147. The lowest BCUT2D eigenvalue weighted by Gasteiger charge is -2.19. The van der Waals surface area contributed by atoms with Gasteiger partial charge in [0, 0.05) is 10.8 Å². The van der Waals surface area contributed by atoms with E-state index < -0.39 is 24.2 Å². The molecule has 0 unspecified atom stereocenters. The molecule has 0 aliphatic heterocycles. The molecule has 1 heterocycles. The van der Waals surface area contributed by atoms with Crippen molar-refractivity contribution in [3.05, 3.63) is 158 Å². The molecule has 0 amide bonds. The summed E-state index contributed by atoms with van der Waals surface area (Å²) in [6, 6.07) is 31.2. The van der Waals surface area contributed by atoms with E-state index in [2.05, 4.69) is 30.3 Å². The summed E-state index contributed by atoms with van der Waals surface area (Å²) in [5.41, 5.74) is 2.46. The summed E-state index contributed by atoms with van der Waals surface area (Å²) >= 11 is 0. The average Bonchev–Trinajstić information content (AvgIpc) is 3.61. The average molecular weight is 580 g/mol. The number of rotatable bonds is 2. The van der Waals surface area contributed by atoms with Crippen LogP contribution in [0, 0.1) is 0 Å². The molecule has 0 fully saturated rings. The Kier molecular flexibility index (Phi) is 3.59. The maximum atomic E-state index is 9.77. The zero-order valence-electron chi connectivity index (χ0n) is 32.7. The minimum absolute atomic E-state index is 0.000135. The Morgan fingerprint density at radius 3 is 1.67 bits per heavy atom. The van der Waals surface area contributed by atoms with Crippen LogP contribution in [0.4, 0.5) is 0 Å². The highest BCUT2D eigenvalue weighted by atomic mass is 16.3. The van der Waals surface area contributed by atoms with Gasteiger partial charge in [-0.2, -0.15) is 0 Å². The first-order valence-corrected chi connectivity index (χ1v) is 14.8. The third-order valence-corrected chi connectivity index (χ3v) is 8.85. The van der Waals surface area contributed by atoms with Crippen LogP contribution in [-0.4, -0.2) is 0 Å². The molecule has 0 bridgehead atoms. The van der Waals surface area contributed by atoms with Gasteiger partial charge in [0.25, 0.3) is 0 Å². The van der Waals surface area contributed by atoms with Crippen molar-refractivity contribution in [1.29, 1.82) is 0 Å². The normalized spacial score (nSPS) is 14.8. The fraction of sp³-hybridized carbons (Fsp3) is 0. The van der Waals surface area contributed by atoms with Gasteiger partial charge >= 0.3 is 0 Å². The lowest BCUT2D eigenvalue weighted by Crippen LogP contribution is -1.92. The first-order chi connectivity index (χ1) is 26.1. The highest BCUT2D eigenvalue weighted by molar-refractivity contribution is 6.26. The predicted octanol–water partition coefficient (Wildman–Crippen LogP) is 12.7. The first kappa shape index (κ1) is 17.4. The van der Waals surface area contributed by atoms with Crippen molar-refractivity contribution >= 4 is 75.8 Å². The van der Waals surface area contributed by atoms with E-state index in [-0.39, 0.29) is 68.5 Å². The monoisotopic (exact) mass is 579 g/mol. The second-order valence-electron chi connectivity index (χ2n) is 11.3. The smallest absolute Gasteiger partial charge is 0.136 e. The van der Waals surface area contributed by atoms with Crippen LogP contribution in [0.1, 0.15) is 12.3 Å². The molecule has 0 aliphatic rings. The van der Waals surface area contributed by atoms with Crippen LogP contribution in [0.15, 0.2) is 162 Å². The Hall–Kier alpha value is -5.92. The molecule has 10 aromatic rings. The third-order valence-electron chi connectivity index (χ3n) is 8.85. The van der Waals surface area contributed by atoms with Crippen LogP contribution in [-0.2, 0) is 0 Å². The van der Waals surface area contributed by atoms with Gasteiger partial charge < -0.3 is 4.42 Å². The van der Waals surface area contributed by atoms with Crippen molar-refractivity contribution in [1.82, 2.24) is 0 Å². The summed E-state index contributed by atoms with van der Waals surface area (Å²) in [6.07, 6.45) is 0. The first-order valence-electron chi connectivity index (χ1n) is 19.3. The zero-order valence-corrected chi connectivity index (χ0v) is 23.7. The van der Waals surface area contributed by atoms with Crippen molar-refractivity contribution in [2.24, 2.45) is 0 Å². The molecule has 45 heavy (non-hydrogen) atoms. The number of fused-ring (bicyclic) bond motifs is 9. The highest BCUT2D eigenvalue weighted by Gasteiger charge is 2.20. The minimum atomic E-state index is -0.536. The summed E-state index contributed by atoms with van der Waals surface area (Å²) in [6.45, 7) is 0. The van der Waals surface area contributed by atoms with Gasteiger partial charge in [-0.1, -0.05) is 127 Å². The Morgan fingerprint density at radius 2 is 0.956 bits per heavy atom. The van der Waals surface area contributed by atoms with Gasteiger partial charge in [0.15, 0.2) is 0 Å². The molecule has 1 nitrogen and oxygen atoms in total. The molecule has 1 aromatic heterocycles. The maximum absolute atomic E-state index is 9.77. The van der Waals surface area contributed by atoms with Crippen molar-refractivity contribution in [3.63, 3.8) is 0 Å².